The van der Waals surface area contributed by atoms with E-state index in [-0.39, 0.29) is 18.2 Å². The average Bonchev–Trinajstić information content (AvgIpc) is 2.74. The molecule has 0 aliphatic carbocycles. The first-order valence-electron chi connectivity index (χ1n) is 8.84. The number of amides is 3. The summed E-state index contributed by atoms with van der Waals surface area (Å²) in [5.41, 5.74) is 0.446. The molecule has 0 fully saturated rings. The number of ether oxygens (including phenoxy) is 1. The second-order valence-electron chi connectivity index (χ2n) is 7.12. The van der Waals surface area contributed by atoms with E-state index in [9.17, 15) is 14.0 Å². The summed E-state index contributed by atoms with van der Waals surface area (Å²) in [5, 5.41) is 5.10. The van der Waals surface area contributed by atoms with E-state index in [0.717, 1.165) is 0 Å². The third-order valence-corrected chi connectivity index (χ3v) is 4.35. The molecule has 0 spiro atoms. The normalized spacial score (nSPS) is 15.1. The minimum absolute atomic E-state index is 0.0656. The highest BCUT2D eigenvalue weighted by Gasteiger charge is 2.37. The van der Waals surface area contributed by atoms with Crippen LogP contribution in [0.15, 0.2) is 55.1 Å². The maximum Gasteiger partial charge on any atom is 0.323 e. The summed E-state index contributed by atoms with van der Waals surface area (Å²) < 4.78 is 19.5. The fourth-order valence-electron chi connectivity index (χ4n) is 2.88. The van der Waals surface area contributed by atoms with Crippen LogP contribution in [-0.4, -0.2) is 25.1 Å². The van der Waals surface area contributed by atoms with Gasteiger partial charge in [-0.15, -0.1) is 6.58 Å². The van der Waals surface area contributed by atoms with Crippen molar-refractivity contribution in [3.63, 3.8) is 0 Å². The highest BCUT2D eigenvalue weighted by atomic mass is 19.1. The molecule has 0 aromatic heterocycles. The van der Waals surface area contributed by atoms with Crippen molar-refractivity contribution in [2.24, 2.45) is 5.41 Å². The monoisotopic (exact) mass is 383 g/mol. The summed E-state index contributed by atoms with van der Waals surface area (Å²) in [5.74, 6) is -0.114. The topological polar surface area (TPSA) is 70.7 Å². The molecule has 0 radical (unpaired) electrons. The number of anilines is 3. The standard InChI is InChI=1S/C21H22FN3O3/c1-4-11-25-17-10-9-14(12-18(17)28-13-21(2,3)19(25)26)23-20(27)24-16-8-6-5-7-15(16)22/h4-10,12H,1,11,13H2,2-3H3,(H2,23,24,27). The van der Waals surface area contributed by atoms with Gasteiger partial charge in [-0.25, -0.2) is 9.18 Å². The summed E-state index contributed by atoms with van der Waals surface area (Å²) >= 11 is 0. The van der Waals surface area contributed by atoms with Crippen molar-refractivity contribution < 1.29 is 18.7 Å². The first-order chi connectivity index (χ1) is 13.3. The molecule has 0 bridgehead atoms. The first-order valence-corrected chi connectivity index (χ1v) is 8.84. The van der Waals surface area contributed by atoms with Gasteiger partial charge in [0.05, 0.1) is 16.8 Å². The molecule has 1 aliphatic heterocycles. The Labute approximate surface area is 163 Å². The Bertz CT molecular complexity index is 927. The minimum Gasteiger partial charge on any atom is -0.490 e. The van der Waals surface area contributed by atoms with Gasteiger partial charge in [-0.05, 0) is 38.1 Å². The molecule has 146 valence electrons. The predicted octanol–water partition coefficient (Wildman–Crippen LogP) is 4.41. The highest BCUT2D eigenvalue weighted by Crippen LogP contribution is 2.38. The molecular weight excluding hydrogens is 361 g/mol. The molecule has 0 atom stereocenters. The Kier molecular flexibility index (Phi) is 5.35. The van der Waals surface area contributed by atoms with E-state index in [1.165, 1.54) is 12.1 Å². The van der Waals surface area contributed by atoms with E-state index in [4.69, 9.17) is 4.74 Å². The Hall–Kier alpha value is -3.35. The number of benzene rings is 2. The minimum atomic E-state index is -0.697. The lowest BCUT2D eigenvalue weighted by Crippen LogP contribution is -2.42. The lowest BCUT2D eigenvalue weighted by atomic mass is 9.93. The van der Waals surface area contributed by atoms with E-state index < -0.39 is 17.3 Å². The molecule has 7 heteroatoms. The van der Waals surface area contributed by atoms with Crippen molar-refractivity contribution in [3.8, 4) is 5.75 Å². The SMILES string of the molecule is C=CCN1C(=O)C(C)(C)COc2cc(NC(=O)Nc3ccccc3F)ccc21. The van der Waals surface area contributed by atoms with Gasteiger partial charge in [-0.2, -0.15) is 0 Å². The van der Waals surface area contributed by atoms with Crippen LogP contribution in [0.1, 0.15) is 13.8 Å². The maximum absolute atomic E-state index is 13.7. The van der Waals surface area contributed by atoms with E-state index in [1.54, 1.807) is 41.3 Å². The quantitative estimate of drug-likeness (QED) is 0.769. The van der Waals surface area contributed by atoms with Gasteiger partial charge in [0.1, 0.15) is 18.2 Å². The van der Waals surface area contributed by atoms with Crippen molar-refractivity contribution in [2.75, 3.05) is 28.7 Å². The average molecular weight is 383 g/mol. The van der Waals surface area contributed by atoms with Crippen LogP contribution in [0.25, 0.3) is 0 Å². The van der Waals surface area contributed by atoms with Crippen LogP contribution in [0.3, 0.4) is 0 Å². The zero-order chi connectivity index (χ0) is 20.3. The summed E-state index contributed by atoms with van der Waals surface area (Å²) in [7, 11) is 0. The second kappa shape index (κ2) is 7.72. The number of urea groups is 1. The number of nitrogens with one attached hydrogen (secondary N) is 2. The molecule has 3 rings (SSSR count). The van der Waals surface area contributed by atoms with Crippen LogP contribution in [0.2, 0.25) is 0 Å². The number of nitrogens with zero attached hydrogens (tertiary/aromatic N) is 1. The first kappa shape index (κ1) is 19.4. The molecular formula is C21H22FN3O3. The van der Waals surface area contributed by atoms with Crippen LogP contribution in [0.5, 0.6) is 5.75 Å². The van der Waals surface area contributed by atoms with E-state index in [0.29, 0.717) is 23.7 Å². The van der Waals surface area contributed by atoms with Crippen LogP contribution >= 0.6 is 0 Å². The van der Waals surface area contributed by atoms with Crippen LogP contribution in [0.4, 0.5) is 26.2 Å². The van der Waals surface area contributed by atoms with E-state index >= 15 is 0 Å². The summed E-state index contributed by atoms with van der Waals surface area (Å²) in [4.78, 5) is 26.6. The zero-order valence-corrected chi connectivity index (χ0v) is 15.8. The Balaban J connectivity index is 1.82. The van der Waals surface area contributed by atoms with Crippen molar-refractivity contribution in [1.82, 2.24) is 0 Å². The number of rotatable bonds is 4. The third kappa shape index (κ3) is 3.98. The van der Waals surface area contributed by atoms with Crippen molar-refractivity contribution in [2.45, 2.75) is 13.8 Å². The van der Waals surface area contributed by atoms with E-state index in [2.05, 4.69) is 17.2 Å². The lowest BCUT2D eigenvalue weighted by molar-refractivity contribution is -0.127. The lowest BCUT2D eigenvalue weighted by Gasteiger charge is -2.27. The molecule has 2 aromatic carbocycles. The van der Waals surface area contributed by atoms with Gasteiger partial charge < -0.3 is 20.3 Å². The van der Waals surface area contributed by atoms with Crippen LogP contribution in [0, 0.1) is 11.2 Å². The van der Waals surface area contributed by atoms with Gasteiger partial charge in [0.2, 0.25) is 5.91 Å². The largest absolute Gasteiger partial charge is 0.490 e. The van der Waals surface area contributed by atoms with Gasteiger partial charge in [0.25, 0.3) is 0 Å². The third-order valence-electron chi connectivity index (χ3n) is 4.35. The van der Waals surface area contributed by atoms with Crippen molar-refractivity contribution >= 4 is 29.0 Å². The van der Waals surface area contributed by atoms with Crippen molar-refractivity contribution in [1.29, 1.82) is 0 Å². The molecule has 0 saturated heterocycles. The fourth-order valence-corrected chi connectivity index (χ4v) is 2.88. The molecule has 6 nitrogen and oxygen atoms in total. The number of hydrogen-bond acceptors (Lipinski definition) is 3. The van der Waals surface area contributed by atoms with E-state index in [1.807, 2.05) is 13.8 Å². The summed E-state index contributed by atoms with van der Waals surface area (Å²) in [6, 6.07) is 10.3. The predicted molar refractivity (Wildman–Crippen MR) is 107 cm³/mol. The molecule has 3 amide bonds. The molecule has 1 heterocycles. The Morgan fingerprint density at radius 3 is 2.75 bits per heavy atom. The Morgan fingerprint density at radius 1 is 1.29 bits per heavy atom. The van der Waals surface area contributed by atoms with Gasteiger partial charge in [0, 0.05) is 18.3 Å². The molecule has 28 heavy (non-hydrogen) atoms. The number of fused-ring (bicyclic) bond motifs is 1. The van der Waals surface area contributed by atoms with Gasteiger partial charge in [-0.1, -0.05) is 18.2 Å². The number of hydrogen-bond donors (Lipinski definition) is 2. The molecule has 1 aliphatic rings. The molecule has 2 N–H and O–H groups in total. The number of halogens is 1. The van der Waals surface area contributed by atoms with Crippen molar-refractivity contribution in [3.05, 3.63) is 60.9 Å². The fraction of sp³-hybridized carbons (Fsp3) is 0.238. The number of para-hydroxylation sites is 1. The molecule has 0 unspecified atom stereocenters. The summed E-state index contributed by atoms with van der Waals surface area (Å²) in [6.45, 7) is 7.90. The Morgan fingerprint density at radius 2 is 2.04 bits per heavy atom. The zero-order valence-electron chi connectivity index (χ0n) is 15.8. The number of carbonyl (C=O) groups excluding carboxylic acids is 2. The molecule has 0 saturated carbocycles. The second-order valence-corrected chi connectivity index (χ2v) is 7.12. The van der Waals surface area contributed by atoms with Gasteiger partial charge in [-0.3, -0.25) is 4.79 Å². The number of carbonyl (C=O) groups is 2. The van der Waals surface area contributed by atoms with Crippen LogP contribution in [-0.2, 0) is 4.79 Å². The van der Waals surface area contributed by atoms with Gasteiger partial charge in [0.15, 0.2) is 0 Å². The van der Waals surface area contributed by atoms with Gasteiger partial charge >= 0.3 is 6.03 Å². The molecule has 2 aromatic rings. The maximum atomic E-state index is 13.7. The smallest absolute Gasteiger partial charge is 0.323 e. The highest BCUT2D eigenvalue weighted by molar-refractivity contribution is 6.02. The summed E-state index contributed by atoms with van der Waals surface area (Å²) in [6.07, 6.45) is 1.65. The van der Waals surface area contributed by atoms with Crippen LogP contribution < -0.4 is 20.3 Å².